The molecule has 0 aliphatic carbocycles. The van der Waals surface area contributed by atoms with Crippen LogP contribution in [0, 0.1) is 0 Å². The molecule has 0 bridgehead atoms. The molecule has 2 rings (SSSR count). The Labute approximate surface area is 99.7 Å². The third kappa shape index (κ3) is 3.14. The lowest BCUT2D eigenvalue weighted by molar-refractivity contribution is 0.239. The lowest BCUT2D eigenvalue weighted by Gasteiger charge is -2.21. The average Bonchev–Trinajstić information content (AvgIpc) is 2.76. The van der Waals surface area contributed by atoms with Gasteiger partial charge >= 0.3 is 0 Å². The second-order valence-corrected chi connectivity index (χ2v) is 4.56. The predicted molar refractivity (Wildman–Crippen MR) is 64.3 cm³/mol. The van der Waals surface area contributed by atoms with Crippen molar-refractivity contribution in [3.63, 3.8) is 0 Å². The van der Waals surface area contributed by atoms with Gasteiger partial charge in [-0.3, -0.25) is 4.90 Å². The Morgan fingerprint density at radius 1 is 1.60 bits per heavy atom. The molecular weight excluding hydrogens is 235 g/mol. The molecule has 1 aromatic rings. The summed E-state index contributed by atoms with van der Waals surface area (Å²) in [6.07, 6.45) is -0.0946. The molecule has 1 saturated heterocycles. The summed E-state index contributed by atoms with van der Waals surface area (Å²) in [7, 11) is 0. The van der Waals surface area contributed by atoms with Gasteiger partial charge in [0, 0.05) is 25.7 Å². The minimum atomic E-state index is -0.692. The van der Waals surface area contributed by atoms with Crippen LogP contribution in [-0.2, 0) is 6.54 Å². The van der Waals surface area contributed by atoms with Crippen LogP contribution in [0.4, 0.5) is 4.39 Å². The van der Waals surface area contributed by atoms with E-state index in [9.17, 15) is 4.39 Å². The second-order valence-electron chi connectivity index (χ2n) is 3.78. The van der Waals surface area contributed by atoms with E-state index in [1.54, 1.807) is 11.3 Å². The Hall–Kier alpha value is -0.160. The molecule has 5 heteroatoms. The molecule has 0 saturated carbocycles. The lowest BCUT2D eigenvalue weighted by atomic mass is 10.2. The molecule has 15 heavy (non-hydrogen) atoms. The van der Waals surface area contributed by atoms with Crippen LogP contribution in [0.5, 0.6) is 0 Å². The topological polar surface area (TPSA) is 29.3 Å². The smallest absolute Gasteiger partial charge is 0.114 e. The molecule has 2 atom stereocenters. The lowest BCUT2D eigenvalue weighted by Crippen LogP contribution is -2.34. The summed E-state index contributed by atoms with van der Waals surface area (Å²) in [5.41, 5.74) is 6.88. The summed E-state index contributed by atoms with van der Waals surface area (Å²) in [6.45, 7) is 1.94. The SMILES string of the molecule is Cl.NC[C@@H]1C[C@H](F)CN1Cc1ccsc1. The second kappa shape index (κ2) is 5.80. The number of hydrogen-bond donors (Lipinski definition) is 1. The molecule has 1 aliphatic rings. The Bertz CT molecular complexity index is 281. The van der Waals surface area contributed by atoms with Crippen molar-refractivity contribution in [1.82, 2.24) is 4.90 Å². The van der Waals surface area contributed by atoms with Gasteiger partial charge in [0.1, 0.15) is 6.17 Å². The first-order chi connectivity index (χ1) is 6.79. The van der Waals surface area contributed by atoms with Gasteiger partial charge in [0.05, 0.1) is 0 Å². The number of rotatable bonds is 3. The molecule has 2 heterocycles. The van der Waals surface area contributed by atoms with Gasteiger partial charge in [0.25, 0.3) is 0 Å². The molecule has 0 amide bonds. The van der Waals surface area contributed by atoms with Crippen molar-refractivity contribution in [3.05, 3.63) is 22.4 Å². The minimum absolute atomic E-state index is 0. The van der Waals surface area contributed by atoms with Crippen molar-refractivity contribution in [3.8, 4) is 0 Å². The van der Waals surface area contributed by atoms with Gasteiger partial charge in [-0.05, 0) is 28.8 Å². The fourth-order valence-electron chi connectivity index (χ4n) is 1.98. The van der Waals surface area contributed by atoms with Crippen LogP contribution < -0.4 is 5.73 Å². The Balaban J connectivity index is 0.00000112. The van der Waals surface area contributed by atoms with Crippen LogP contribution in [0.2, 0.25) is 0 Å². The zero-order chi connectivity index (χ0) is 9.97. The van der Waals surface area contributed by atoms with Crippen molar-refractivity contribution in [2.75, 3.05) is 13.1 Å². The first-order valence-electron chi connectivity index (χ1n) is 4.89. The molecule has 1 aliphatic heterocycles. The first-order valence-corrected chi connectivity index (χ1v) is 5.83. The van der Waals surface area contributed by atoms with Gasteiger partial charge in [-0.2, -0.15) is 11.3 Å². The summed E-state index contributed by atoms with van der Waals surface area (Å²) >= 11 is 1.68. The van der Waals surface area contributed by atoms with Crippen LogP contribution in [0.25, 0.3) is 0 Å². The predicted octanol–water partition coefficient (Wildman–Crippen LogP) is 2.04. The van der Waals surface area contributed by atoms with Gasteiger partial charge in [0.2, 0.25) is 0 Å². The van der Waals surface area contributed by atoms with E-state index in [0.29, 0.717) is 19.5 Å². The molecule has 0 unspecified atom stereocenters. The number of thiophene rings is 1. The fraction of sp³-hybridized carbons (Fsp3) is 0.600. The van der Waals surface area contributed by atoms with E-state index in [-0.39, 0.29) is 18.4 Å². The van der Waals surface area contributed by atoms with E-state index in [1.807, 2.05) is 0 Å². The molecule has 2 nitrogen and oxygen atoms in total. The van der Waals surface area contributed by atoms with Crippen molar-refractivity contribution in [2.45, 2.75) is 25.2 Å². The molecule has 0 radical (unpaired) electrons. The number of halogens is 2. The molecule has 2 N–H and O–H groups in total. The molecule has 0 spiro atoms. The third-order valence-electron chi connectivity index (χ3n) is 2.71. The van der Waals surface area contributed by atoms with E-state index >= 15 is 0 Å². The maximum absolute atomic E-state index is 13.1. The van der Waals surface area contributed by atoms with Crippen molar-refractivity contribution >= 4 is 23.7 Å². The summed E-state index contributed by atoms with van der Waals surface area (Å²) in [5.74, 6) is 0. The molecule has 0 aromatic carbocycles. The number of nitrogens with zero attached hydrogens (tertiary/aromatic N) is 1. The summed E-state index contributed by atoms with van der Waals surface area (Å²) in [4.78, 5) is 2.15. The molecule has 1 aromatic heterocycles. The van der Waals surface area contributed by atoms with Gasteiger partial charge in [0.15, 0.2) is 0 Å². The van der Waals surface area contributed by atoms with E-state index in [4.69, 9.17) is 5.73 Å². The van der Waals surface area contributed by atoms with E-state index < -0.39 is 6.17 Å². The zero-order valence-electron chi connectivity index (χ0n) is 8.43. The molecule has 1 fully saturated rings. The average molecular weight is 251 g/mol. The van der Waals surface area contributed by atoms with Crippen LogP contribution >= 0.6 is 23.7 Å². The van der Waals surface area contributed by atoms with Crippen LogP contribution in [0.3, 0.4) is 0 Å². The highest BCUT2D eigenvalue weighted by Gasteiger charge is 2.30. The van der Waals surface area contributed by atoms with Crippen molar-refractivity contribution < 1.29 is 4.39 Å². The van der Waals surface area contributed by atoms with E-state index in [1.165, 1.54) is 5.56 Å². The number of alkyl halides is 1. The van der Waals surface area contributed by atoms with Crippen LogP contribution in [0.1, 0.15) is 12.0 Å². The van der Waals surface area contributed by atoms with Gasteiger partial charge in [-0.25, -0.2) is 4.39 Å². The minimum Gasteiger partial charge on any atom is -0.329 e. The Kier molecular flexibility index (Phi) is 4.99. The van der Waals surface area contributed by atoms with E-state index in [2.05, 4.69) is 21.7 Å². The maximum atomic E-state index is 13.1. The monoisotopic (exact) mass is 250 g/mol. The van der Waals surface area contributed by atoms with Gasteiger partial charge in [-0.15, -0.1) is 12.4 Å². The summed E-state index contributed by atoms with van der Waals surface area (Å²) in [5, 5.41) is 4.16. The van der Waals surface area contributed by atoms with Crippen LogP contribution in [-0.4, -0.2) is 30.2 Å². The normalized spacial score (nSPS) is 26.5. The Morgan fingerprint density at radius 2 is 2.40 bits per heavy atom. The fourth-order valence-corrected chi connectivity index (χ4v) is 2.64. The Morgan fingerprint density at radius 3 is 3.00 bits per heavy atom. The van der Waals surface area contributed by atoms with Crippen LogP contribution in [0.15, 0.2) is 16.8 Å². The first kappa shape index (κ1) is 12.9. The van der Waals surface area contributed by atoms with Gasteiger partial charge < -0.3 is 5.73 Å². The highest BCUT2D eigenvalue weighted by molar-refractivity contribution is 7.07. The van der Waals surface area contributed by atoms with Gasteiger partial charge in [-0.1, -0.05) is 0 Å². The largest absolute Gasteiger partial charge is 0.329 e. The van der Waals surface area contributed by atoms with Crippen molar-refractivity contribution in [1.29, 1.82) is 0 Å². The third-order valence-corrected chi connectivity index (χ3v) is 3.45. The maximum Gasteiger partial charge on any atom is 0.114 e. The number of likely N-dealkylation sites (tertiary alicyclic amines) is 1. The zero-order valence-corrected chi connectivity index (χ0v) is 10.1. The van der Waals surface area contributed by atoms with E-state index in [0.717, 1.165) is 6.54 Å². The summed E-state index contributed by atoms with van der Waals surface area (Å²) in [6, 6.07) is 2.31. The number of nitrogens with two attached hydrogens (primary N) is 1. The van der Waals surface area contributed by atoms with Crippen molar-refractivity contribution in [2.24, 2.45) is 5.73 Å². The molecule has 86 valence electrons. The molecular formula is C10H16ClFN2S. The highest BCUT2D eigenvalue weighted by atomic mass is 35.5. The summed E-state index contributed by atoms with van der Waals surface area (Å²) < 4.78 is 13.1. The quantitative estimate of drug-likeness (QED) is 0.890. The number of hydrogen-bond acceptors (Lipinski definition) is 3. The highest BCUT2D eigenvalue weighted by Crippen LogP contribution is 2.22. The standard InChI is InChI=1S/C10H15FN2S.ClH/c11-9-3-10(4-12)13(6-9)5-8-1-2-14-7-8;/h1-2,7,9-10H,3-6,12H2;1H/t9-,10-;/m0./s1.